The summed E-state index contributed by atoms with van der Waals surface area (Å²) >= 11 is 0. The molecule has 0 saturated heterocycles. The van der Waals surface area contributed by atoms with Crippen molar-refractivity contribution in [3.63, 3.8) is 0 Å². The van der Waals surface area contributed by atoms with E-state index in [-0.39, 0.29) is 52.6 Å². The van der Waals surface area contributed by atoms with Gasteiger partial charge >= 0.3 is 0 Å². The van der Waals surface area contributed by atoms with Crippen molar-refractivity contribution in [1.29, 1.82) is 0 Å². The minimum atomic E-state index is -0.461. The number of fused-ring (bicyclic) bond motifs is 4. The molecule has 1 aliphatic carbocycles. The topological polar surface area (TPSA) is 12.9 Å². The molecule has 0 spiro atoms. The van der Waals surface area contributed by atoms with Crippen LogP contribution in [0, 0.1) is 0 Å². The summed E-state index contributed by atoms with van der Waals surface area (Å²) in [6.07, 6.45) is 5.53. The average Bonchev–Trinajstić information content (AvgIpc) is 3.24. The van der Waals surface area contributed by atoms with Gasteiger partial charge in [-0.05, 0) is 124 Å². The van der Waals surface area contributed by atoms with Crippen LogP contribution in [0.5, 0.6) is 0 Å². The molecule has 0 N–H and O–H groups in total. The molecule has 0 aliphatic heterocycles. The summed E-state index contributed by atoms with van der Waals surface area (Å²) in [5, 5.41) is 3.98. The molecule has 1 heterocycles. The van der Waals surface area contributed by atoms with Crippen molar-refractivity contribution < 1.29 is 12.3 Å². The normalized spacial score (nSPS) is 17.5. The number of pyridine rings is 1. The van der Waals surface area contributed by atoms with Gasteiger partial charge in [-0.2, -0.15) is 0 Å². The molecule has 0 fully saturated rings. The number of nitrogens with zero attached hydrogens (tertiary/aromatic N) is 1. The van der Waals surface area contributed by atoms with Crippen LogP contribution in [0.1, 0.15) is 64.0 Å². The van der Waals surface area contributed by atoms with E-state index in [0.717, 1.165) is 51.3 Å². The number of aromatic nitrogens is 1. The van der Waals surface area contributed by atoms with Crippen molar-refractivity contribution in [2.24, 2.45) is 0 Å². The summed E-state index contributed by atoms with van der Waals surface area (Å²) in [7, 11) is 0. The fourth-order valence-corrected chi connectivity index (χ4v) is 8.16. The summed E-state index contributed by atoms with van der Waals surface area (Å²) in [6.45, 7) is 9.10. The van der Waals surface area contributed by atoms with E-state index in [4.69, 9.17) is 9.60 Å². The van der Waals surface area contributed by atoms with E-state index >= 15 is 0 Å². The van der Waals surface area contributed by atoms with Crippen LogP contribution in [-0.2, 0) is 10.8 Å². The zero-order chi connectivity index (χ0) is 41.9. The first-order valence-electron chi connectivity index (χ1n) is 21.7. The Morgan fingerprint density at radius 2 is 1.22 bits per heavy atom. The molecule has 0 amide bonds. The quantitative estimate of drug-likeness (QED) is 0.172. The Kier molecular flexibility index (Phi) is 5.13. The average molecular weight is 653 g/mol. The summed E-state index contributed by atoms with van der Waals surface area (Å²) in [4.78, 5) is 4.46. The van der Waals surface area contributed by atoms with Gasteiger partial charge < -0.3 is 0 Å². The van der Waals surface area contributed by atoms with Crippen molar-refractivity contribution in [1.82, 2.24) is 4.98 Å². The van der Waals surface area contributed by atoms with Crippen molar-refractivity contribution in [3.05, 3.63) is 163 Å². The molecule has 1 aromatic heterocycles. The lowest BCUT2D eigenvalue weighted by atomic mass is 9.60. The predicted octanol–water partition coefficient (Wildman–Crippen LogP) is 13.6. The molecule has 7 aromatic carbocycles. The molecule has 1 aliphatic rings. The maximum atomic E-state index is 9.71. The lowest BCUT2D eigenvalue weighted by molar-refractivity contribution is 0.333. The Morgan fingerprint density at radius 1 is 0.520 bits per heavy atom. The van der Waals surface area contributed by atoms with Crippen molar-refractivity contribution >= 4 is 32.3 Å². The second kappa shape index (κ2) is 11.5. The molecule has 1 nitrogen and oxygen atoms in total. The first kappa shape index (κ1) is 22.2. The van der Waals surface area contributed by atoms with Gasteiger partial charge in [-0.25, -0.2) is 0 Å². The monoisotopic (exact) mass is 652 g/mol. The Labute approximate surface area is 307 Å². The minimum Gasteiger partial charge on any atom is -0.264 e. The molecule has 50 heavy (non-hydrogen) atoms. The maximum Gasteiger partial charge on any atom is 0.0629 e. The maximum absolute atomic E-state index is 9.71. The first-order valence-corrected chi connectivity index (χ1v) is 17.2. The number of hydrogen-bond donors (Lipinski definition) is 0. The molecule has 1 heteroatoms. The largest absolute Gasteiger partial charge is 0.264 e. The molecule has 242 valence electrons. The summed E-state index contributed by atoms with van der Waals surface area (Å²) in [5.74, 6) is 0. The Balaban J connectivity index is 1.47. The lowest BCUT2D eigenvalue weighted by Gasteiger charge is -2.43. The zero-order valence-corrected chi connectivity index (χ0v) is 28.6. The van der Waals surface area contributed by atoms with Crippen molar-refractivity contribution in [3.8, 4) is 44.5 Å². The van der Waals surface area contributed by atoms with Gasteiger partial charge in [0.05, 0.1) is 12.3 Å². The van der Waals surface area contributed by atoms with Gasteiger partial charge in [0.1, 0.15) is 0 Å². The lowest BCUT2D eigenvalue weighted by Crippen LogP contribution is -2.34. The highest BCUT2D eigenvalue weighted by molar-refractivity contribution is 6.24. The third-order valence-electron chi connectivity index (χ3n) is 10.8. The van der Waals surface area contributed by atoms with E-state index < -0.39 is 18.1 Å². The number of hydrogen-bond acceptors (Lipinski definition) is 1. The molecule has 0 unspecified atom stereocenters. The highest BCUT2D eigenvalue weighted by atomic mass is 14.6. The van der Waals surface area contributed by atoms with Gasteiger partial charge in [0.2, 0.25) is 0 Å². The van der Waals surface area contributed by atoms with Gasteiger partial charge in [0.15, 0.2) is 0 Å². The summed E-state index contributed by atoms with van der Waals surface area (Å²) < 4.78 is 79.9. The van der Waals surface area contributed by atoms with E-state index in [1.807, 2.05) is 72.9 Å². The van der Waals surface area contributed by atoms with Gasteiger partial charge in [0, 0.05) is 18.0 Å². The predicted molar refractivity (Wildman–Crippen MR) is 214 cm³/mol. The van der Waals surface area contributed by atoms with Crippen LogP contribution in [0.4, 0.5) is 0 Å². The van der Waals surface area contributed by atoms with Gasteiger partial charge in [-0.15, -0.1) is 0 Å². The standard InChI is InChI=1S/C49H41N/c1-48(2)25-26-49(3,4)47-43(29-36(30-44(47)48)35-17-13-27-50-31-35)46-39-20-10-8-18-37(39)45(38-19-9-11-21-40(38)46)41-22-12-16-33-23-24-34(28-42(33)41)32-14-6-5-7-15-32/h5-24,27-31H,25-26H2,1-4H3/i5D,6D,7D,8D,10D,14D,15D,18D,20D. The van der Waals surface area contributed by atoms with Crippen molar-refractivity contribution in [2.45, 2.75) is 51.4 Å². The van der Waals surface area contributed by atoms with E-state index in [9.17, 15) is 2.74 Å². The Morgan fingerprint density at radius 3 is 1.94 bits per heavy atom. The third-order valence-corrected chi connectivity index (χ3v) is 10.8. The second-order valence-corrected chi connectivity index (χ2v) is 14.7. The molecule has 9 rings (SSSR count). The molecule has 8 aromatic rings. The summed E-state index contributed by atoms with van der Waals surface area (Å²) in [6, 6.07) is 24.8. The second-order valence-electron chi connectivity index (χ2n) is 14.7. The van der Waals surface area contributed by atoms with Crippen LogP contribution in [0.3, 0.4) is 0 Å². The minimum absolute atomic E-state index is 0.0866. The summed E-state index contributed by atoms with van der Waals surface area (Å²) in [5.41, 5.74) is 7.41. The van der Waals surface area contributed by atoms with E-state index in [0.29, 0.717) is 32.8 Å². The van der Waals surface area contributed by atoms with Crippen LogP contribution >= 0.6 is 0 Å². The van der Waals surface area contributed by atoms with Crippen LogP contribution in [-0.4, -0.2) is 4.98 Å². The highest BCUT2D eigenvalue weighted by Gasteiger charge is 2.40. The van der Waals surface area contributed by atoms with Crippen LogP contribution < -0.4 is 0 Å². The molecular weight excluding hydrogens is 603 g/mol. The molecule has 0 atom stereocenters. The van der Waals surface area contributed by atoms with E-state index in [2.05, 4.69) is 44.8 Å². The Bertz CT molecular complexity index is 3070. The first-order chi connectivity index (χ1) is 28.0. The van der Waals surface area contributed by atoms with Crippen LogP contribution in [0.25, 0.3) is 76.8 Å². The number of rotatable bonds is 4. The van der Waals surface area contributed by atoms with Crippen LogP contribution in [0.2, 0.25) is 0 Å². The fraction of sp³-hybridized carbons (Fsp3) is 0.163. The smallest absolute Gasteiger partial charge is 0.0629 e. The Hall–Kier alpha value is -5.53. The van der Waals surface area contributed by atoms with E-state index in [1.54, 1.807) is 12.3 Å². The van der Waals surface area contributed by atoms with Crippen molar-refractivity contribution in [2.75, 3.05) is 0 Å². The van der Waals surface area contributed by atoms with Gasteiger partial charge in [-0.3, -0.25) is 4.98 Å². The van der Waals surface area contributed by atoms with Gasteiger partial charge in [0.25, 0.3) is 0 Å². The SMILES string of the molecule is [2H]c1c([2H])c([2H])c(-c2ccc3cccc(-c4c5ccccc5c(-c5cc(-c6cccnc6)cc6c5C(C)(C)CCC6(C)C)c5c([2H])c([2H])c([2H])c([2H])c45)c3c2)c([2H])c1[2H]. The van der Waals surface area contributed by atoms with Crippen LogP contribution in [0.15, 0.2) is 152 Å². The molecule has 0 bridgehead atoms. The highest BCUT2D eigenvalue weighted by Crippen LogP contribution is 2.54. The fourth-order valence-electron chi connectivity index (χ4n) is 8.16. The molecule has 0 saturated carbocycles. The zero-order valence-electron chi connectivity index (χ0n) is 37.6. The molecular formula is C49H41N. The van der Waals surface area contributed by atoms with Gasteiger partial charge in [-0.1, -0.05) is 149 Å². The third kappa shape index (κ3) is 4.87. The van der Waals surface area contributed by atoms with E-state index in [1.165, 1.54) is 11.1 Å². The number of benzene rings is 7. The molecule has 0 radical (unpaired) electrons.